The van der Waals surface area contributed by atoms with Gasteiger partial charge in [-0.3, -0.25) is 4.57 Å². The number of benzene rings is 12. The molecule has 0 saturated carbocycles. The number of fused-ring (bicyclic) bond motifs is 11. The molecule has 105 heavy (non-hydrogen) atoms. The van der Waals surface area contributed by atoms with Gasteiger partial charge in [0.25, 0.3) is 6.33 Å². The summed E-state index contributed by atoms with van der Waals surface area (Å²) >= 11 is 0. The van der Waals surface area contributed by atoms with E-state index in [2.05, 4.69) is 190 Å². The van der Waals surface area contributed by atoms with Gasteiger partial charge in [-0.15, -0.1) is 29.7 Å². The molecule has 0 spiro atoms. The van der Waals surface area contributed by atoms with E-state index in [1.54, 1.807) is 22.8 Å². The largest absolute Gasteiger partial charge is 0.510 e. The van der Waals surface area contributed by atoms with Crippen LogP contribution < -0.4 is 30.1 Å². The first-order valence-electron chi connectivity index (χ1n) is 44.9. The van der Waals surface area contributed by atoms with Crippen molar-refractivity contribution in [3.8, 4) is 84.3 Å². The zero-order valence-corrected chi connectivity index (χ0v) is 64.2. The molecular formula is C98H88N4OPtSi-2. The number of nitrogens with zero attached hydrogens (tertiary/aromatic N) is 4. The van der Waals surface area contributed by atoms with Crippen molar-refractivity contribution in [3.63, 3.8) is 0 Å². The summed E-state index contributed by atoms with van der Waals surface area (Å²) in [4.78, 5) is 4.93. The molecule has 7 heteroatoms. The molecule has 15 aromatic rings. The van der Waals surface area contributed by atoms with Crippen LogP contribution in [-0.4, -0.2) is 22.2 Å². The molecule has 0 N–H and O–H groups in total. The van der Waals surface area contributed by atoms with Gasteiger partial charge in [-0.25, -0.2) is 4.98 Å². The predicted octanol–water partition coefficient (Wildman–Crippen LogP) is 21.9. The van der Waals surface area contributed by atoms with Crippen LogP contribution in [0.4, 0.5) is 0 Å². The molecule has 5 nitrogen and oxygen atoms in total. The summed E-state index contributed by atoms with van der Waals surface area (Å²) in [5, 5.41) is -1.85. The molecule has 3 aromatic heterocycles. The first-order valence-corrected chi connectivity index (χ1v) is 37.4. The maximum absolute atomic E-state index is 11.3. The van der Waals surface area contributed by atoms with Crippen molar-refractivity contribution in [1.29, 1.82) is 0 Å². The van der Waals surface area contributed by atoms with Gasteiger partial charge < -0.3 is 13.9 Å². The number of rotatable bonds is 10. The van der Waals surface area contributed by atoms with E-state index in [0.29, 0.717) is 50.6 Å². The summed E-state index contributed by atoms with van der Waals surface area (Å²) in [5.74, 6) is 1.27. The maximum Gasteiger partial charge on any atom is 0.268 e. The molecule has 2 aliphatic rings. The van der Waals surface area contributed by atoms with E-state index in [4.69, 9.17) is 13.8 Å². The Labute approximate surface area is 661 Å². The van der Waals surface area contributed by atoms with Crippen LogP contribution in [0, 0.1) is 18.5 Å². The van der Waals surface area contributed by atoms with Crippen molar-refractivity contribution in [2.24, 2.45) is 0 Å². The zero-order chi connectivity index (χ0) is 88.4. The number of aromatic nitrogens is 4. The van der Waals surface area contributed by atoms with E-state index in [1.165, 1.54) is 5.56 Å². The summed E-state index contributed by atoms with van der Waals surface area (Å²) in [5.41, 5.74) is 13.3. The smallest absolute Gasteiger partial charge is 0.268 e. The minimum atomic E-state index is -6.33. The first kappa shape index (κ1) is 50.2. The summed E-state index contributed by atoms with van der Waals surface area (Å²) < 4.78 is 199. The van der Waals surface area contributed by atoms with Gasteiger partial charge in [0.1, 0.15) is 5.82 Å². The third-order valence-corrected chi connectivity index (χ3v) is 25.3. The van der Waals surface area contributed by atoms with Gasteiger partial charge in [0, 0.05) is 44.3 Å². The second-order valence-electron chi connectivity index (χ2n) is 32.0. The molecule has 12 aromatic carbocycles. The molecule has 1 aliphatic heterocycles. The molecule has 522 valence electrons. The van der Waals surface area contributed by atoms with E-state index >= 15 is 0 Å². The van der Waals surface area contributed by atoms with Gasteiger partial charge >= 0.3 is 0 Å². The van der Waals surface area contributed by atoms with Gasteiger partial charge in [-0.05, 0) is 186 Å². The molecule has 17 rings (SSSR count). The molecule has 0 fully saturated rings. The topological polar surface area (TPSA) is 35.9 Å². The van der Waals surface area contributed by atoms with Crippen molar-refractivity contribution in [1.82, 2.24) is 14.1 Å². The van der Waals surface area contributed by atoms with Crippen LogP contribution in [0.3, 0.4) is 0 Å². The van der Waals surface area contributed by atoms with Crippen LogP contribution in [0.2, 0.25) is 0 Å². The van der Waals surface area contributed by atoms with Crippen LogP contribution in [-0.2, 0) is 48.1 Å². The summed E-state index contributed by atoms with van der Waals surface area (Å²) in [7, 11) is -6.33. The second kappa shape index (κ2) is 25.8. The second-order valence-corrected chi connectivity index (χ2v) is 35.5. The van der Waals surface area contributed by atoms with E-state index in [9.17, 15) is 21.9 Å². The van der Waals surface area contributed by atoms with Crippen molar-refractivity contribution in [3.05, 3.63) is 319 Å². The van der Waals surface area contributed by atoms with Crippen LogP contribution in [0.1, 0.15) is 157 Å². The molecule has 1 aliphatic carbocycles. The minimum Gasteiger partial charge on any atom is -0.510 e. The normalized spacial score (nSPS) is 16.5. The number of para-hydroxylation sites is 1. The fraction of sp³-hybridized carbons (Fsp3) is 0.204. The Balaban J connectivity index is 0.0000114. The number of pyridine rings is 1. The van der Waals surface area contributed by atoms with Gasteiger partial charge in [-0.1, -0.05) is 301 Å². The Morgan fingerprint density at radius 1 is 0.457 bits per heavy atom. The quantitative estimate of drug-likeness (QED) is 0.0592. The minimum absolute atomic E-state index is 0. The SMILES string of the molecule is [2H]c1c([2H])c([2H])c([Si](c2c([2H])c([2H])c([2H])c([2H])c2[2H])(c2c([2H])c([2H])c([2H])c([2H])c2[2H])c2c([2H])c([2H])c([2H])c(-c3cc4c5c(c3)n(-c3[c-]c(Oc6[c-]c7c(cc6)c6ccccc6n7-c6cc(C(C)(C)C)ccn6)ccc3)[c-][n+]5-c3c(-c5ccc(C(C)(C)C)cc5)cc(C(C)(C)C)cc3-c3cc5c(cc3-c3ccccc3-4)C(C)(C)CCC5(C)C)c2[2H])c([2H])c1[2H].[Pt]. The predicted molar refractivity (Wildman–Crippen MR) is 436 cm³/mol. The van der Waals surface area contributed by atoms with E-state index in [-0.39, 0.29) is 54.0 Å². The Hall–Kier alpha value is -10.2. The van der Waals surface area contributed by atoms with Gasteiger partial charge in [0.05, 0.1) is 42.8 Å². The fourth-order valence-electron chi connectivity index (χ4n) is 15.5. The van der Waals surface area contributed by atoms with Gasteiger partial charge in [0.15, 0.2) is 8.07 Å². The fourth-order valence-corrected chi connectivity index (χ4v) is 19.0. The third-order valence-electron chi connectivity index (χ3n) is 21.3. The summed E-state index contributed by atoms with van der Waals surface area (Å²) in [6.07, 6.45) is 7.54. The Bertz CT molecular complexity index is 6860. The van der Waals surface area contributed by atoms with Crippen LogP contribution in [0.25, 0.3) is 106 Å². The van der Waals surface area contributed by atoms with Crippen LogP contribution >= 0.6 is 0 Å². The van der Waals surface area contributed by atoms with Gasteiger partial charge in [-0.2, -0.15) is 18.2 Å². The molecule has 4 heterocycles. The number of ether oxygens (including phenoxy) is 1. The van der Waals surface area contributed by atoms with Crippen molar-refractivity contribution >= 4 is 61.7 Å². The number of imidazole rings is 1. The van der Waals surface area contributed by atoms with Gasteiger partial charge in [0.2, 0.25) is 0 Å². The molecular weight excluding hydrogens is 1470 g/mol. The zero-order valence-electron chi connectivity index (χ0n) is 79.9. The molecule has 0 unspecified atom stereocenters. The van der Waals surface area contributed by atoms with Crippen LogP contribution in [0.15, 0.2) is 273 Å². The summed E-state index contributed by atoms with van der Waals surface area (Å²) in [6.45, 7) is 28.8. The standard InChI is InChI=1S/C98H88N4OSi.Pt/c1-94(2,3)67-45-43-64(44-46-67)81-56-69(96(7,8)9)57-85-83-62-87-86(97(10,11)50-51-98(87,12)13)61-82(83)77-39-23-24-40-78(77)84-54-66(65-29-27-38-76(53-65)104(73-32-17-14-18-33-73,74-34-19-15-20-35-74)75-36-21-16-22-37-75)55-90-93(84)101(92(81)85)63-100(90)70-30-28-31-71(59-70)103-72-47-48-80-79-41-25-26-42-88(79)102(89(80)60-72)91-58-68(49-52-99-91)95(4,5)6;/h14-49,52-58,61-62H,50-51H2,1-13H3;/q-2;/i14D,15D,16D,17D,18D,19D,20D,21D,22D,27D,29D,32D,33D,34D,35D,36D,37D,38D,53D;. The monoisotopic (exact) mass is 1580 g/mol. The molecule has 0 radical (unpaired) electrons. The van der Waals surface area contributed by atoms with E-state index in [0.717, 1.165) is 84.8 Å². The van der Waals surface area contributed by atoms with E-state index < -0.39 is 155 Å². The molecule has 0 bridgehead atoms. The molecule has 0 amide bonds. The number of hydrogen-bond donors (Lipinski definition) is 0. The number of hydrogen-bond acceptors (Lipinski definition) is 2. The average molecular weight is 1580 g/mol. The van der Waals surface area contributed by atoms with Crippen molar-refractivity contribution < 1.29 is 56.4 Å². The van der Waals surface area contributed by atoms with E-state index in [1.807, 2.05) is 66.9 Å². The van der Waals surface area contributed by atoms with Crippen molar-refractivity contribution in [2.75, 3.05) is 0 Å². The maximum atomic E-state index is 11.3. The van der Waals surface area contributed by atoms with Crippen LogP contribution in [0.5, 0.6) is 11.5 Å². The third kappa shape index (κ3) is 11.9. The molecule has 0 saturated heterocycles. The average Bonchev–Trinajstić information content (AvgIpc) is 0.778. The Kier molecular flexibility index (Phi) is 12.4. The van der Waals surface area contributed by atoms with Crippen molar-refractivity contribution in [2.45, 2.75) is 130 Å². The molecule has 0 atom stereocenters. The Morgan fingerprint density at radius 2 is 1.03 bits per heavy atom. The first-order chi connectivity index (χ1) is 57.8. The Morgan fingerprint density at radius 3 is 1.66 bits per heavy atom. The summed E-state index contributed by atoms with van der Waals surface area (Å²) in [6, 6.07) is 38.3.